The number of nitrogens with zero attached hydrogens (tertiary/aromatic N) is 4. The van der Waals surface area contributed by atoms with Crippen LogP contribution in [0.15, 0.2) is 0 Å². The summed E-state index contributed by atoms with van der Waals surface area (Å²) in [7, 11) is 0. The zero-order valence-corrected chi connectivity index (χ0v) is 74.9. The van der Waals surface area contributed by atoms with Crippen LogP contribution in [0.5, 0.6) is 0 Å². The zero-order valence-electron chi connectivity index (χ0n) is 74.9. The van der Waals surface area contributed by atoms with Crippen molar-refractivity contribution in [1.29, 1.82) is 0 Å². The van der Waals surface area contributed by atoms with E-state index in [0.717, 1.165) is 77.0 Å². The smallest absolute Gasteiger partial charge is 0.221 e. The molecule has 6 N–H and O–H groups in total. The maximum Gasteiger partial charge on any atom is 0.221 e. The van der Waals surface area contributed by atoms with Crippen molar-refractivity contribution in [2.75, 3.05) is 118 Å². The molecule has 0 aromatic heterocycles. The Labute approximate surface area is 688 Å². The van der Waals surface area contributed by atoms with Crippen molar-refractivity contribution in [3.05, 3.63) is 0 Å². The van der Waals surface area contributed by atoms with Gasteiger partial charge in [0.1, 0.15) is 0 Å². The minimum atomic E-state index is 0.0493. The van der Waals surface area contributed by atoms with Crippen LogP contribution in [0.4, 0.5) is 0 Å². The Kier molecular flexibility index (Phi) is 86.3. The quantitative estimate of drug-likeness (QED) is 0.0320. The first-order chi connectivity index (χ1) is 54.5. The van der Waals surface area contributed by atoms with E-state index in [-0.39, 0.29) is 35.4 Å². The van der Waals surface area contributed by atoms with Gasteiger partial charge in [-0.1, -0.05) is 382 Å². The van der Waals surface area contributed by atoms with Crippen molar-refractivity contribution in [1.82, 2.24) is 51.5 Å². The first-order valence-corrected chi connectivity index (χ1v) is 49.0. The third kappa shape index (κ3) is 83.0. The van der Waals surface area contributed by atoms with Crippen molar-refractivity contribution in [3.8, 4) is 0 Å². The number of hydrogen-bond donors (Lipinski definition) is 6. The molecule has 0 bridgehead atoms. The Bertz CT molecular complexity index is 1820. The summed E-state index contributed by atoms with van der Waals surface area (Å²) in [6, 6.07) is 0. The van der Waals surface area contributed by atoms with Crippen LogP contribution in [-0.4, -0.2) is 173 Å². The van der Waals surface area contributed by atoms with Gasteiger partial charge in [-0.3, -0.25) is 33.7 Å². The maximum absolute atomic E-state index is 13.7. The largest absolute Gasteiger partial charge is 0.356 e. The summed E-state index contributed by atoms with van der Waals surface area (Å²) >= 11 is 0. The van der Waals surface area contributed by atoms with Crippen molar-refractivity contribution in [2.45, 2.75) is 459 Å². The highest BCUT2D eigenvalue weighted by Gasteiger charge is 2.20. The van der Waals surface area contributed by atoms with Crippen LogP contribution >= 0.6 is 0 Å². The molecule has 0 saturated carbocycles. The van der Waals surface area contributed by atoms with Gasteiger partial charge < -0.3 is 46.6 Å². The average molecular weight is 1570 g/mol. The fraction of sp³-hybridized carbons (Fsp3) is 0.937. The second-order valence-corrected chi connectivity index (χ2v) is 33.7. The van der Waals surface area contributed by atoms with E-state index in [1.807, 2.05) is 0 Å². The summed E-state index contributed by atoms with van der Waals surface area (Å²) in [5.41, 5.74) is 0. The Hall–Kier alpha value is -3.34. The van der Waals surface area contributed by atoms with Gasteiger partial charge in [0.15, 0.2) is 0 Å². The predicted molar refractivity (Wildman–Crippen MR) is 478 cm³/mol. The van der Waals surface area contributed by atoms with E-state index >= 15 is 0 Å². The normalized spacial score (nSPS) is 11.6. The van der Waals surface area contributed by atoms with Gasteiger partial charge in [0, 0.05) is 156 Å². The summed E-state index contributed by atoms with van der Waals surface area (Å²) in [6.07, 6.45) is 75.6. The Morgan fingerprint density at radius 1 is 0.144 bits per heavy atom. The van der Waals surface area contributed by atoms with Crippen LogP contribution in [0.2, 0.25) is 0 Å². The Morgan fingerprint density at radius 3 is 0.360 bits per heavy atom. The molecular weight excluding hydrogens is 1380 g/mol. The van der Waals surface area contributed by atoms with Gasteiger partial charge in [0.2, 0.25) is 35.4 Å². The molecule has 16 heteroatoms. The molecule has 0 aliphatic rings. The molecule has 6 amide bonds. The van der Waals surface area contributed by atoms with Gasteiger partial charge in [-0.25, -0.2) is 0 Å². The van der Waals surface area contributed by atoms with E-state index in [1.165, 1.54) is 302 Å². The molecule has 0 aromatic carbocycles. The SMILES string of the molecule is CCCCCCCCCCCCNC(=O)CCN(CCC(=O)NCCCCCCCCCCC)CCN(CCN(CCC(=O)NCCCCCCCCCCCC)CCC(=O)NCCCCCCCCCCCC)CCN(CCC(=O)NCCCCCCCCCCCC)CCC(=O)NCCCCCCCCCCCC. The maximum atomic E-state index is 13.7. The lowest BCUT2D eigenvalue weighted by Gasteiger charge is -2.32. The second-order valence-electron chi connectivity index (χ2n) is 33.7. The van der Waals surface area contributed by atoms with Gasteiger partial charge in [0.25, 0.3) is 0 Å². The van der Waals surface area contributed by atoms with E-state index in [4.69, 9.17) is 0 Å². The number of unbranched alkanes of at least 4 members (excludes halogenated alkanes) is 53. The van der Waals surface area contributed by atoms with Crippen LogP contribution in [-0.2, 0) is 28.8 Å². The van der Waals surface area contributed by atoms with Crippen LogP contribution in [0.1, 0.15) is 459 Å². The monoisotopic (exact) mass is 1570 g/mol. The summed E-state index contributed by atoms with van der Waals surface area (Å²) in [4.78, 5) is 91.4. The van der Waals surface area contributed by atoms with Gasteiger partial charge in [0.05, 0.1) is 0 Å². The lowest BCUT2D eigenvalue weighted by atomic mass is 10.1. The van der Waals surface area contributed by atoms with E-state index in [1.54, 1.807) is 0 Å². The van der Waals surface area contributed by atoms with Gasteiger partial charge in [-0.05, 0) is 38.5 Å². The lowest BCUT2D eigenvalue weighted by molar-refractivity contribution is -0.123. The standard InChI is InChI=1S/C95H190N10O6/c1-7-13-19-25-31-37-43-49-55-61-73-97-91(107)67-79-102(78-66-90(106)96-72-60-54-48-42-36-30-24-18-12-6)84-87-105(88-85-103(80-68-92(108)98-74-62-56-50-44-38-32-26-20-14-8-2)81-69-93(109)99-75-63-57-51-45-39-33-27-21-15-9-3)89-86-104(82-70-94(110)100-76-64-58-52-46-40-34-28-22-16-10-4)83-71-95(111)101-77-65-59-53-47-41-35-29-23-17-11-5/h7-89H2,1-6H3,(H,96,106)(H,97,107)(H,98,108)(H,99,109)(H,100,110)(H,101,111). The molecular formula is C95H190N10O6. The minimum Gasteiger partial charge on any atom is -0.356 e. The molecule has 656 valence electrons. The fourth-order valence-electron chi connectivity index (χ4n) is 15.1. The van der Waals surface area contributed by atoms with E-state index < -0.39 is 0 Å². The summed E-state index contributed by atoms with van der Waals surface area (Å²) in [5, 5.41) is 19.4. The molecule has 111 heavy (non-hydrogen) atoms. The molecule has 0 rings (SSSR count). The van der Waals surface area contributed by atoms with Gasteiger partial charge >= 0.3 is 0 Å². The van der Waals surface area contributed by atoms with Crippen molar-refractivity contribution >= 4 is 35.4 Å². The van der Waals surface area contributed by atoms with Gasteiger partial charge in [-0.15, -0.1) is 0 Å². The molecule has 0 atom stereocenters. The molecule has 0 fully saturated rings. The zero-order chi connectivity index (χ0) is 80.7. The third-order valence-electron chi connectivity index (χ3n) is 23.0. The third-order valence-corrected chi connectivity index (χ3v) is 23.0. The number of hydrogen-bond acceptors (Lipinski definition) is 10. The van der Waals surface area contributed by atoms with E-state index in [9.17, 15) is 28.8 Å². The number of carbonyl (C=O) groups excluding carboxylic acids is 6. The van der Waals surface area contributed by atoms with Crippen LogP contribution < -0.4 is 31.9 Å². The van der Waals surface area contributed by atoms with Crippen molar-refractivity contribution in [2.24, 2.45) is 0 Å². The molecule has 0 heterocycles. The van der Waals surface area contributed by atoms with Crippen LogP contribution in [0, 0.1) is 0 Å². The predicted octanol–water partition coefficient (Wildman–Crippen LogP) is 22.4. The average Bonchev–Trinajstić information content (AvgIpc) is 0.920. The highest BCUT2D eigenvalue weighted by molar-refractivity contribution is 5.78. The van der Waals surface area contributed by atoms with Crippen LogP contribution in [0.25, 0.3) is 0 Å². The second kappa shape index (κ2) is 89.0. The van der Waals surface area contributed by atoms with Crippen LogP contribution in [0.3, 0.4) is 0 Å². The van der Waals surface area contributed by atoms with Gasteiger partial charge in [-0.2, -0.15) is 0 Å². The molecule has 0 saturated heterocycles. The minimum absolute atomic E-state index is 0.0493. The lowest BCUT2D eigenvalue weighted by Crippen LogP contribution is -2.45. The molecule has 16 nitrogen and oxygen atoms in total. The molecule has 0 aliphatic carbocycles. The number of nitrogens with one attached hydrogen (secondary N) is 6. The highest BCUT2D eigenvalue weighted by Crippen LogP contribution is 2.17. The number of carbonyl (C=O) groups is 6. The first kappa shape index (κ1) is 108. The molecule has 0 unspecified atom stereocenters. The van der Waals surface area contributed by atoms with Crippen molar-refractivity contribution in [3.63, 3.8) is 0 Å². The molecule has 0 aromatic rings. The molecule has 0 radical (unpaired) electrons. The Balaban J connectivity index is 6.87. The highest BCUT2D eigenvalue weighted by atomic mass is 16.2. The van der Waals surface area contributed by atoms with E-state index in [0.29, 0.717) is 156 Å². The molecule has 0 aliphatic heterocycles. The van der Waals surface area contributed by atoms with Crippen molar-refractivity contribution < 1.29 is 28.8 Å². The summed E-state index contributed by atoms with van der Waals surface area (Å²) in [5.74, 6) is 0.300. The first-order valence-electron chi connectivity index (χ1n) is 49.0. The Morgan fingerprint density at radius 2 is 0.243 bits per heavy atom. The van der Waals surface area contributed by atoms with E-state index in [2.05, 4.69) is 93.0 Å². The fourth-order valence-corrected chi connectivity index (χ4v) is 15.1. The number of rotatable bonds is 92. The topological polar surface area (TPSA) is 188 Å². The molecule has 0 spiro atoms. The summed E-state index contributed by atoms with van der Waals surface area (Å²) < 4.78 is 0. The summed E-state index contributed by atoms with van der Waals surface area (Å²) in [6.45, 7) is 24.8. The number of amides is 6.